The summed E-state index contributed by atoms with van der Waals surface area (Å²) in [6, 6.07) is 16.1. The number of halogens is 1. The summed E-state index contributed by atoms with van der Waals surface area (Å²) < 4.78 is 0. The van der Waals surface area contributed by atoms with E-state index in [0.717, 1.165) is 31.7 Å². The molecule has 1 aliphatic heterocycles. The maximum Gasteiger partial charge on any atom is 0.0917 e. The molecule has 24 heavy (non-hydrogen) atoms. The van der Waals surface area contributed by atoms with Crippen molar-refractivity contribution in [1.29, 1.82) is 0 Å². The van der Waals surface area contributed by atoms with Crippen LogP contribution in [-0.4, -0.2) is 49.0 Å². The number of β-amino-alcohol motifs (C(OH)–C–C–N with tert-alkyl or cyclic N) is 1. The standard InChI is InChI=1S/C19H23ClN2OS/c1-24-19-8-3-2-7-17(19)22-11-9-21(10-12-22)14-18(23)15-5-4-6-16(20)13-15/h2-8,13,18,23H,9-12,14H2,1H3/t18-/m0/s1. The molecular weight excluding hydrogens is 340 g/mol. The Hall–Kier alpha value is -1.20. The van der Waals surface area contributed by atoms with E-state index in [9.17, 15) is 5.11 Å². The van der Waals surface area contributed by atoms with Crippen molar-refractivity contribution < 1.29 is 5.11 Å². The minimum atomic E-state index is -0.492. The van der Waals surface area contributed by atoms with Crippen LogP contribution in [0.2, 0.25) is 5.02 Å². The lowest BCUT2D eigenvalue weighted by molar-refractivity contribution is 0.109. The van der Waals surface area contributed by atoms with E-state index in [1.165, 1.54) is 10.6 Å². The SMILES string of the molecule is CSc1ccccc1N1CCN(C[C@H](O)c2cccc(Cl)c2)CC1. The number of aliphatic hydroxyl groups excluding tert-OH is 1. The highest BCUT2D eigenvalue weighted by Crippen LogP contribution is 2.29. The van der Waals surface area contributed by atoms with Gasteiger partial charge in [-0.05, 0) is 36.1 Å². The van der Waals surface area contributed by atoms with E-state index in [2.05, 4.69) is 40.3 Å². The van der Waals surface area contributed by atoms with Gasteiger partial charge in [-0.25, -0.2) is 0 Å². The van der Waals surface area contributed by atoms with E-state index in [1.807, 2.05) is 24.3 Å². The van der Waals surface area contributed by atoms with Crippen LogP contribution in [0.15, 0.2) is 53.4 Å². The van der Waals surface area contributed by atoms with Crippen molar-refractivity contribution in [2.24, 2.45) is 0 Å². The van der Waals surface area contributed by atoms with Crippen LogP contribution in [-0.2, 0) is 0 Å². The average molecular weight is 363 g/mol. The molecule has 1 fully saturated rings. The zero-order valence-electron chi connectivity index (χ0n) is 13.9. The van der Waals surface area contributed by atoms with Gasteiger partial charge in [0.25, 0.3) is 0 Å². The quantitative estimate of drug-likeness (QED) is 0.815. The highest BCUT2D eigenvalue weighted by Gasteiger charge is 2.21. The lowest BCUT2D eigenvalue weighted by Crippen LogP contribution is -2.47. The van der Waals surface area contributed by atoms with Crippen molar-refractivity contribution in [2.75, 3.05) is 43.9 Å². The van der Waals surface area contributed by atoms with Crippen molar-refractivity contribution in [2.45, 2.75) is 11.0 Å². The Kier molecular flexibility index (Phi) is 6.06. The fourth-order valence-electron chi connectivity index (χ4n) is 3.13. The van der Waals surface area contributed by atoms with Crippen LogP contribution >= 0.6 is 23.4 Å². The summed E-state index contributed by atoms with van der Waals surface area (Å²) in [6.45, 7) is 4.54. The van der Waals surface area contributed by atoms with Crippen LogP contribution in [0.4, 0.5) is 5.69 Å². The molecule has 3 nitrogen and oxygen atoms in total. The third-order valence-electron chi connectivity index (χ3n) is 4.46. The molecular formula is C19H23ClN2OS. The van der Waals surface area contributed by atoms with Gasteiger partial charge >= 0.3 is 0 Å². The van der Waals surface area contributed by atoms with E-state index >= 15 is 0 Å². The Labute approximate surface area is 153 Å². The first kappa shape index (κ1) is 17.6. The van der Waals surface area contributed by atoms with Gasteiger partial charge in [0.2, 0.25) is 0 Å². The normalized spacial score (nSPS) is 17.0. The number of rotatable bonds is 5. The van der Waals surface area contributed by atoms with Crippen molar-refractivity contribution in [3.8, 4) is 0 Å². The molecule has 1 heterocycles. The second-order valence-corrected chi connectivity index (χ2v) is 7.31. The second kappa shape index (κ2) is 8.26. The number of para-hydroxylation sites is 1. The highest BCUT2D eigenvalue weighted by atomic mass is 35.5. The molecule has 0 saturated carbocycles. The molecule has 2 aromatic carbocycles. The molecule has 3 rings (SSSR count). The third-order valence-corrected chi connectivity index (χ3v) is 5.48. The van der Waals surface area contributed by atoms with Gasteiger partial charge in [-0.15, -0.1) is 11.8 Å². The number of hydrogen-bond donors (Lipinski definition) is 1. The van der Waals surface area contributed by atoms with E-state index in [1.54, 1.807) is 11.8 Å². The molecule has 0 bridgehead atoms. The molecule has 1 aliphatic rings. The largest absolute Gasteiger partial charge is 0.387 e. The van der Waals surface area contributed by atoms with Crippen LogP contribution < -0.4 is 4.90 Å². The summed E-state index contributed by atoms with van der Waals surface area (Å²) in [7, 11) is 0. The van der Waals surface area contributed by atoms with Crippen LogP contribution in [0.1, 0.15) is 11.7 Å². The summed E-state index contributed by atoms with van der Waals surface area (Å²) >= 11 is 7.81. The van der Waals surface area contributed by atoms with E-state index < -0.39 is 6.10 Å². The second-order valence-electron chi connectivity index (χ2n) is 6.03. The van der Waals surface area contributed by atoms with Crippen molar-refractivity contribution in [3.05, 3.63) is 59.1 Å². The summed E-state index contributed by atoms with van der Waals surface area (Å²) in [5.74, 6) is 0. The van der Waals surface area contributed by atoms with Crippen LogP contribution in [0.25, 0.3) is 0 Å². The molecule has 0 amide bonds. The molecule has 128 valence electrons. The lowest BCUT2D eigenvalue weighted by Gasteiger charge is -2.37. The van der Waals surface area contributed by atoms with Crippen LogP contribution in [0.5, 0.6) is 0 Å². The number of hydrogen-bond acceptors (Lipinski definition) is 4. The summed E-state index contributed by atoms with van der Waals surface area (Å²) in [5, 5.41) is 11.1. The lowest BCUT2D eigenvalue weighted by atomic mass is 10.1. The fourth-order valence-corrected chi connectivity index (χ4v) is 3.95. The summed E-state index contributed by atoms with van der Waals surface area (Å²) in [6.07, 6.45) is 1.63. The number of aliphatic hydroxyl groups is 1. The van der Waals surface area contributed by atoms with Gasteiger partial charge < -0.3 is 10.0 Å². The maximum atomic E-state index is 10.4. The molecule has 5 heteroatoms. The summed E-state index contributed by atoms with van der Waals surface area (Å²) in [4.78, 5) is 6.09. The Morgan fingerprint density at radius 2 is 1.83 bits per heavy atom. The number of anilines is 1. The first-order chi connectivity index (χ1) is 11.7. The van der Waals surface area contributed by atoms with Gasteiger partial charge in [-0.2, -0.15) is 0 Å². The maximum absolute atomic E-state index is 10.4. The minimum Gasteiger partial charge on any atom is -0.387 e. The monoisotopic (exact) mass is 362 g/mol. The van der Waals surface area contributed by atoms with Gasteiger partial charge in [0.05, 0.1) is 11.8 Å². The third kappa shape index (κ3) is 4.25. The van der Waals surface area contributed by atoms with Crippen molar-refractivity contribution in [1.82, 2.24) is 4.90 Å². The zero-order chi connectivity index (χ0) is 16.9. The zero-order valence-corrected chi connectivity index (χ0v) is 15.4. The molecule has 0 aliphatic carbocycles. The fraction of sp³-hybridized carbons (Fsp3) is 0.368. The predicted molar refractivity (Wildman–Crippen MR) is 103 cm³/mol. The smallest absolute Gasteiger partial charge is 0.0917 e. The van der Waals surface area contributed by atoms with Crippen LogP contribution in [0.3, 0.4) is 0 Å². The van der Waals surface area contributed by atoms with Crippen molar-refractivity contribution in [3.63, 3.8) is 0 Å². The van der Waals surface area contributed by atoms with Gasteiger partial charge in [0.1, 0.15) is 0 Å². The Bertz CT molecular complexity index is 674. The number of thioether (sulfide) groups is 1. The minimum absolute atomic E-state index is 0.492. The first-order valence-corrected chi connectivity index (χ1v) is 9.81. The molecule has 0 radical (unpaired) electrons. The Morgan fingerprint density at radius 3 is 2.54 bits per heavy atom. The molecule has 0 aromatic heterocycles. The highest BCUT2D eigenvalue weighted by molar-refractivity contribution is 7.98. The van der Waals surface area contributed by atoms with Gasteiger partial charge in [0.15, 0.2) is 0 Å². The Balaban J connectivity index is 1.57. The number of benzene rings is 2. The summed E-state index contributed by atoms with van der Waals surface area (Å²) in [5.41, 5.74) is 2.21. The number of piperazine rings is 1. The molecule has 0 spiro atoms. The molecule has 2 aromatic rings. The van der Waals surface area contributed by atoms with Gasteiger partial charge in [0, 0.05) is 42.6 Å². The molecule has 1 N–H and O–H groups in total. The average Bonchev–Trinajstić information content (AvgIpc) is 2.62. The van der Waals surface area contributed by atoms with Gasteiger partial charge in [-0.1, -0.05) is 35.9 Å². The van der Waals surface area contributed by atoms with E-state index in [4.69, 9.17) is 11.6 Å². The molecule has 0 unspecified atom stereocenters. The first-order valence-electron chi connectivity index (χ1n) is 8.21. The van der Waals surface area contributed by atoms with E-state index in [-0.39, 0.29) is 0 Å². The van der Waals surface area contributed by atoms with Crippen LogP contribution in [0, 0.1) is 0 Å². The topological polar surface area (TPSA) is 26.7 Å². The predicted octanol–water partition coefficient (Wildman–Crippen LogP) is 3.92. The van der Waals surface area contributed by atoms with Crippen molar-refractivity contribution >= 4 is 29.1 Å². The van der Waals surface area contributed by atoms with Gasteiger partial charge in [-0.3, -0.25) is 4.90 Å². The Morgan fingerprint density at radius 1 is 1.08 bits per heavy atom. The molecule has 1 saturated heterocycles. The molecule has 1 atom stereocenters. The van der Waals surface area contributed by atoms with E-state index in [0.29, 0.717) is 11.6 Å². The number of nitrogens with zero attached hydrogens (tertiary/aromatic N) is 2.